The van der Waals surface area contributed by atoms with Crippen molar-refractivity contribution in [1.29, 1.82) is 0 Å². The predicted molar refractivity (Wildman–Crippen MR) is 48.0 cm³/mol. The molecule has 1 aromatic rings. The van der Waals surface area contributed by atoms with Gasteiger partial charge < -0.3 is 11.5 Å². The second-order valence-corrected chi connectivity index (χ2v) is 2.76. The van der Waals surface area contributed by atoms with Crippen LogP contribution in [0.25, 0.3) is 0 Å². The van der Waals surface area contributed by atoms with Crippen LogP contribution in [0.15, 0.2) is 18.2 Å². The highest BCUT2D eigenvalue weighted by atomic mass is 19.1. The van der Waals surface area contributed by atoms with Crippen molar-refractivity contribution in [3.05, 3.63) is 29.6 Å². The normalized spacial score (nSPS) is 12.9. The third kappa shape index (κ3) is 1.56. The number of halogens is 1. The molecule has 0 saturated heterocycles. The molecule has 66 valence electrons. The average molecular weight is 168 g/mol. The lowest BCUT2D eigenvalue weighted by atomic mass is 10.0. The van der Waals surface area contributed by atoms with Crippen LogP contribution >= 0.6 is 0 Å². The summed E-state index contributed by atoms with van der Waals surface area (Å²) in [5.74, 6) is -0.315. The van der Waals surface area contributed by atoms with Gasteiger partial charge in [-0.25, -0.2) is 4.39 Å². The van der Waals surface area contributed by atoms with Crippen molar-refractivity contribution in [1.82, 2.24) is 0 Å². The molecule has 1 atom stereocenters. The molecule has 0 aromatic heterocycles. The Morgan fingerprint density at radius 3 is 2.67 bits per heavy atom. The van der Waals surface area contributed by atoms with E-state index in [1.165, 1.54) is 6.07 Å². The second-order valence-electron chi connectivity index (χ2n) is 2.76. The molecule has 0 heterocycles. The highest BCUT2D eigenvalue weighted by Gasteiger charge is 2.11. The third-order valence-corrected chi connectivity index (χ3v) is 1.90. The summed E-state index contributed by atoms with van der Waals surface area (Å²) in [5, 5.41) is 0. The maximum absolute atomic E-state index is 13.1. The van der Waals surface area contributed by atoms with Gasteiger partial charge in [0.2, 0.25) is 0 Å². The zero-order valence-corrected chi connectivity index (χ0v) is 7.05. The number of hydrogen-bond donors (Lipinski definition) is 2. The Bertz CT molecular complexity index is 253. The molecule has 0 aliphatic carbocycles. The fourth-order valence-electron chi connectivity index (χ4n) is 1.15. The summed E-state index contributed by atoms with van der Waals surface area (Å²) in [7, 11) is 0. The van der Waals surface area contributed by atoms with Gasteiger partial charge in [-0.15, -0.1) is 0 Å². The highest BCUT2D eigenvalue weighted by molar-refractivity contribution is 5.48. The molecule has 2 nitrogen and oxygen atoms in total. The molecule has 0 spiro atoms. The van der Waals surface area contributed by atoms with Crippen molar-refractivity contribution in [3.63, 3.8) is 0 Å². The quantitative estimate of drug-likeness (QED) is 0.662. The van der Waals surface area contributed by atoms with E-state index >= 15 is 0 Å². The van der Waals surface area contributed by atoms with E-state index in [-0.39, 0.29) is 11.9 Å². The first kappa shape index (κ1) is 9.00. The lowest BCUT2D eigenvalue weighted by Crippen LogP contribution is -2.13. The van der Waals surface area contributed by atoms with Gasteiger partial charge in [-0.3, -0.25) is 0 Å². The van der Waals surface area contributed by atoms with Crippen LogP contribution in [0, 0.1) is 5.82 Å². The fraction of sp³-hybridized carbons (Fsp3) is 0.333. The van der Waals surface area contributed by atoms with Crippen LogP contribution in [0.3, 0.4) is 0 Å². The number of hydrogen-bond acceptors (Lipinski definition) is 2. The standard InChI is InChI=1S/C9H13FN2/c1-2-7(11)9-6(10)4-3-5-8(9)12/h3-5,7H,2,11-12H2,1H3/t7-/m1/s1. The summed E-state index contributed by atoms with van der Waals surface area (Å²) in [4.78, 5) is 0. The molecule has 12 heavy (non-hydrogen) atoms. The monoisotopic (exact) mass is 168 g/mol. The topological polar surface area (TPSA) is 52.0 Å². The summed E-state index contributed by atoms with van der Waals surface area (Å²) < 4.78 is 13.1. The van der Waals surface area contributed by atoms with Crippen molar-refractivity contribution >= 4 is 5.69 Å². The van der Waals surface area contributed by atoms with Gasteiger partial charge in [-0.05, 0) is 18.6 Å². The average Bonchev–Trinajstić information content (AvgIpc) is 2.03. The van der Waals surface area contributed by atoms with E-state index in [0.717, 1.165) is 0 Å². The summed E-state index contributed by atoms with van der Waals surface area (Å²) in [6.07, 6.45) is 0.686. The van der Waals surface area contributed by atoms with Gasteiger partial charge in [0.15, 0.2) is 0 Å². The van der Waals surface area contributed by atoms with E-state index in [0.29, 0.717) is 17.7 Å². The highest BCUT2D eigenvalue weighted by Crippen LogP contribution is 2.23. The van der Waals surface area contributed by atoms with Crippen molar-refractivity contribution < 1.29 is 4.39 Å². The van der Waals surface area contributed by atoms with Crippen LogP contribution in [0.2, 0.25) is 0 Å². The molecular weight excluding hydrogens is 155 g/mol. The van der Waals surface area contributed by atoms with E-state index in [4.69, 9.17) is 11.5 Å². The molecule has 0 radical (unpaired) electrons. The molecule has 1 rings (SSSR count). The van der Waals surface area contributed by atoms with E-state index in [1.807, 2.05) is 6.92 Å². The van der Waals surface area contributed by atoms with Gasteiger partial charge in [-0.2, -0.15) is 0 Å². The molecule has 1 aromatic carbocycles. The first-order chi connectivity index (χ1) is 5.66. The largest absolute Gasteiger partial charge is 0.398 e. The molecule has 0 aliphatic rings. The number of nitrogen functional groups attached to an aromatic ring is 1. The zero-order valence-electron chi connectivity index (χ0n) is 7.05. The molecular formula is C9H13FN2. The smallest absolute Gasteiger partial charge is 0.130 e. The molecule has 0 bridgehead atoms. The lowest BCUT2D eigenvalue weighted by molar-refractivity contribution is 0.577. The predicted octanol–water partition coefficient (Wildman–Crippen LogP) is 1.82. The maximum atomic E-state index is 13.1. The molecule has 0 saturated carbocycles. The van der Waals surface area contributed by atoms with Crippen LogP contribution < -0.4 is 11.5 Å². The van der Waals surface area contributed by atoms with E-state index in [1.54, 1.807) is 12.1 Å². The SMILES string of the molecule is CC[C@@H](N)c1c(N)cccc1F. The molecule has 0 unspecified atom stereocenters. The number of rotatable bonds is 2. The van der Waals surface area contributed by atoms with E-state index in [9.17, 15) is 4.39 Å². The molecule has 0 amide bonds. The number of anilines is 1. The van der Waals surface area contributed by atoms with Gasteiger partial charge in [0.25, 0.3) is 0 Å². The minimum atomic E-state index is -0.315. The van der Waals surface area contributed by atoms with Gasteiger partial charge in [-0.1, -0.05) is 13.0 Å². The van der Waals surface area contributed by atoms with Crippen LogP contribution in [-0.2, 0) is 0 Å². The van der Waals surface area contributed by atoms with Crippen molar-refractivity contribution in [2.45, 2.75) is 19.4 Å². The summed E-state index contributed by atoms with van der Waals surface area (Å²) in [6, 6.07) is 4.32. The first-order valence-corrected chi connectivity index (χ1v) is 3.96. The Balaban J connectivity index is 3.12. The zero-order chi connectivity index (χ0) is 9.14. The molecule has 0 fully saturated rings. The fourth-order valence-corrected chi connectivity index (χ4v) is 1.15. The van der Waals surface area contributed by atoms with E-state index in [2.05, 4.69) is 0 Å². The molecule has 0 aliphatic heterocycles. The Morgan fingerprint density at radius 1 is 1.50 bits per heavy atom. The third-order valence-electron chi connectivity index (χ3n) is 1.90. The van der Waals surface area contributed by atoms with Crippen molar-refractivity contribution in [2.75, 3.05) is 5.73 Å². The van der Waals surface area contributed by atoms with Crippen LogP contribution in [-0.4, -0.2) is 0 Å². The minimum absolute atomic E-state index is 0.300. The van der Waals surface area contributed by atoms with Gasteiger partial charge >= 0.3 is 0 Å². The first-order valence-electron chi connectivity index (χ1n) is 3.96. The summed E-state index contributed by atoms with van der Waals surface area (Å²) >= 11 is 0. The Labute approximate surface area is 71.4 Å². The van der Waals surface area contributed by atoms with Gasteiger partial charge in [0.05, 0.1) is 0 Å². The Morgan fingerprint density at radius 2 is 2.17 bits per heavy atom. The Hall–Kier alpha value is -1.09. The Kier molecular flexibility index (Phi) is 2.65. The molecule has 4 N–H and O–H groups in total. The van der Waals surface area contributed by atoms with Gasteiger partial charge in [0.1, 0.15) is 5.82 Å². The van der Waals surface area contributed by atoms with Crippen LogP contribution in [0.1, 0.15) is 24.9 Å². The number of benzene rings is 1. The minimum Gasteiger partial charge on any atom is -0.398 e. The maximum Gasteiger partial charge on any atom is 0.130 e. The molecule has 3 heteroatoms. The summed E-state index contributed by atoms with van der Waals surface area (Å²) in [6.45, 7) is 1.90. The second kappa shape index (κ2) is 3.54. The van der Waals surface area contributed by atoms with Crippen molar-refractivity contribution in [3.8, 4) is 0 Å². The number of nitrogens with two attached hydrogens (primary N) is 2. The van der Waals surface area contributed by atoms with Crippen LogP contribution in [0.4, 0.5) is 10.1 Å². The van der Waals surface area contributed by atoms with Crippen LogP contribution in [0.5, 0.6) is 0 Å². The lowest BCUT2D eigenvalue weighted by Gasteiger charge is -2.12. The van der Waals surface area contributed by atoms with E-state index < -0.39 is 0 Å². The van der Waals surface area contributed by atoms with Gasteiger partial charge in [0, 0.05) is 17.3 Å². The van der Waals surface area contributed by atoms with Crippen molar-refractivity contribution in [2.24, 2.45) is 5.73 Å². The summed E-state index contributed by atoms with van der Waals surface area (Å²) in [5.41, 5.74) is 12.1.